The molecule has 0 aliphatic rings. The maximum Gasteiger partial charge on any atom is 0.242 e. The SMILES string of the molecule is CNCc1cc(S(=O)(=O)NC(C)Cn2ccnc2)c(Br)s1. The molecule has 0 saturated carbocycles. The Labute approximate surface area is 136 Å². The summed E-state index contributed by atoms with van der Waals surface area (Å²) in [5, 5.41) is 3.01. The van der Waals surface area contributed by atoms with Crippen molar-refractivity contribution in [1.82, 2.24) is 19.6 Å². The monoisotopic (exact) mass is 392 g/mol. The molecule has 0 spiro atoms. The first kappa shape index (κ1) is 16.6. The van der Waals surface area contributed by atoms with E-state index >= 15 is 0 Å². The quantitative estimate of drug-likeness (QED) is 0.752. The third-order valence-corrected chi connectivity index (χ3v) is 6.59. The van der Waals surface area contributed by atoms with Crippen LogP contribution in [-0.4, -0.2) is 31.1 Å². The lowest BCUT2D eigenvalue weighted by molar-refractivity contribution is 0.520. The number of nitrogens with one attached hydrogen (secondary N) is 2. The topological polar surface area (TPSA) is 76.0 Å². The van der Waals surface area contributed by atoms with E-state index in [0.29, 0.717) is 16.9 Å². The molecule has 2 N–H and O–H groups in total. The number of sulfonamides is 1. The Morgan fingerprint density at radius 2 is 2.29 bits per heavy atom. The first-order valence-electron chi connectivity index (χ1n) is 6.33. The fraction of sp³-hybridized carbons (Fsp3) is 0.417. The van der Waals surface area contributed by atoms with Crippen molar-refractivity contribution in [2.24, 2.45) is 0 Å². The van der Waals surface area contributed by atoms with E-state index < -0.39 is 10.0 Å². The van der Waals surface area contributed by atoms with Gasteiger partial charge < -0.3 is 9.88 Å². The molecule has 0 radical (unpaired) electrons. The van der Waals surface area contributed by atoms with Crippen molar-refractivity contribution >= 4 is 37.3 Å². The molecule has 2 aromatic rings. The molecule has 9 heteroatoms. The second-order valence-corrected chi connectivity index (χ2v) is 8.80. The Morgan fingerprint density at radius 1 is 1.52 bits per heavy atom. The maximum atomic E-state index is 12.4. The second kappa shape index (κ2) is 7.01. The van der Waals surface area contributed by atoms with Crippen molar-refractivity contribution in [2.45, 2.75) is 31.0 Å². The number of halogens is 1. The third-order valence-electron chi connectivity index (χ3n) is 2.75. The van der Waals surface area contributed by atoms with Gasteiger partial charge in [-0.2, -0.15) is 0 Å². The molecule has 116 valence electrons. The first-order chi connectivity index (χ1) is 9.92. The van der Waals surface area contributed by atoms with Gasteiger partial charge in [-0.05, 0) is 36.0 Å². The van der Waals surface area contributed by atoms with Crippen LogP contribution in [0, 0.1) is 0 Å². The highest BCUT2D eigenvalue weighted by molar-refractivity contribution is 9.11. The summed E-state index contributed by atoms with van der Waals surface area (Å²) in [4.78, 5) is 5.19. The van der Waals surface area contributed by atoms with Crippen LogP contribution < -0.4 is 10.0 Å². The van der Waals surface area contributed by atoms with E-state index in [1.807, 2.05) is 18.5 Å². The summed E-state index contributed by atoms with van der Waals surface area (Å²) in [5.41, 5.74) is 0. The molecule has 1 atom stereocenters. The molecule has 0 aliphatic carbocycles. The van der Waals surface area contributed by atoms with Crippen molar-refractivity contribution in [2.75, 3.05) is 7.05 Å². The molecule has 6 nitrogen and oxygen atoms in total. The third kappa shape index (κ3) is 4.36. The van der Waals surface area contributed by atoms with Crippen molar-refractivity contribution in [3.8, 4) is 0 Å². The Morgan fingerprint density at radius 3 is 2.90 bits per heavy atom. The Hall–Kier alpha value is -0.740. The van der Waals surface area contributed by atoms with Crippen LogP contribution in [0.1, 0.15) is 11.8 Å². The van der Waals surface area contributed by atoms with Crippen molar-refractivity contribution in [3.05, 3.63) is 33.5 Å². The minimum atomic E-state index is -3.54. The number of rotatable bonds is 7. The van der Waals surface area contributed by atoms with Crippen molar-refractivity contribution < 1.29 is 8.42 Å². The number of nitrogens with zero attached hydrogens (tertiary/aromatic N) is 2. The van der Waals surface area contributed by atoms with Gasteiger partial charge in [0.2, 0.25) is 10.0 Å². The maximum absolute atomic E-state index is 12.4. The minimum Gasteiger partial charge on any atom is -0.336 e. The summed E-state index contributed by atoms with van der Waals surface area (Å²) in [5.74, 6) is 0. The van der Waals surface area contributed by atoms with Gasteiger partial charge >= 0.3 is 0 Å². The van der Waals surface area contributed by atoms with E-state index in [2.05, 4.69) is 31.0 Å². The van der Waals surface area contributed by atoms with Crippen LogP contribution in [0.25, 0.3) is 0 Å². The molecule has 0 aromatic carbocycles. The van der Waals surface area contributed by atoms with E-state index in [9.17, 15) is 8.42 Å². The average molecular weight is 393 g/mol. The first-order valence-corrected chi connectivity index (χ1v) is 9.42. The lowest BCUT2D eigenvalue weighted by Gasteiger charge is -2.14. The molecule has 2 aromatic heterocycles. The van der Waals surface area contributed by atoms with E-state index in [0.717, 1.165) is 4.88 Å². The molecule has 0 saturated heterocycles. The Balaban J connectivity index is 2.10. The van der Waals surface area contributed by atoms with Crippen LogP contribution in [0.2, 0.25) is 0 Å². The van der Waals surface area contributed by atoms with Gasteiger partial charge in [0.15, 0.2) is 0 Å². The normalized spacial score (nSPS) is 13.5. The zero-order chi connectivity index (χ0) is 15.5. The molecule has 2 rings (SSSR count). The molecule has 0 bridgehead atoms. The number of imidazole rings is 1. The summed E-state index contributed by atoms with van der Waals surface area (Å²) < 4.78 is 30.0. The molecule has 0 aliphatic heterocycles. The van der Waals surface area contributed by atoms with Crippen LogP contribution in [0.3, 0.4) is 0 Å². The second-order valence-electron chi connectivity index (χ2n) is 4.66. The highest BCUT2D eigenvalue weighted by Crippen LogP contribution is 2.31. The van der Waals surface area contributed by atoms with E-state index in [4.69, 9.17) is 0 Å². The van der Waals surface area contributed by atoms with E-state index in [1.54, 1.807) is 24.8 Å². The fourth-order valence-electron chi connectivity index (χ4n) is 1.92. The smallest absolute Gasteiger partial charge is 0.242 e. The zero-order valence-corrected chi connectivity index (χ0v) is 14.9. The summed E-state index contributed by atoms with van der Waals surface area (Å²) in [6.07, 6.45) is 5.13. The number of hydrogen-bond donors (Lipinski definition) is 2. The lowest BCUT2D eigenvalue weighted by atomic mass is 10.4. The van der Waals surface area contributed by atoms with Gasteiger partial charge in [-0.25, -0.2) is 18.1 Å². The Kier molecular flexibility index (Phi) is 5.55. The molecule has 0 fully saturated rings. The van der Waals surface area contributed by atoms with Crippen LogP contribution in [0.5, 0.6) is 0 Å². The van der Waals surface area contributed by atoms with Gasteiger partial charge in [-0.1, -0.05) is 0 Å². The van der Waals surface area contributed by atoms with Crippen molar-refractivity contribution in [1.29, 1.82) is 0 Å². The molecular formula is C12H17BrN4O2S2. The van der Waals surface area contributed by atoms with Gasteiger partial charge in [0, 0.05) is 36.4 Å². The summed E-state index contributed by atoms with van der Waals surface area (Å²) >= 11 is 4.75. The highest BCUT2D eigenvalue weighted by Gasteiger charge is 2.22. The van der Waals surface area contributed by atoms with Crippen LogP contribution >= 0.6 is 27.3 Å². The van der Waals surface area contributed by atoms with Crippen LogP contribution in [0.4, 0.5) is 0 Å². The van der Waals surface area contributed by atoms with Crippen molar-refractivity contribution in [3.63, 3.8) is 0 Å². The number of hydrogen-bond acceptors (Lipinski definition) is 5. The molecular weight excluding hydrogens is 376 g/mol. The van der Waals surface area contributed by atoms with Crippen LogP contribution in [0.15, 0.2) is 33.5 Å². The van der Waals surface area contributed by atoms with Gasteiger partial charge in [0.1, 0.15) is 4.90 Å². The Bertz CT molecular complexity index is 682. The lowest BCUT2D eigenvalue weighted by Crippen LogP contribution is -2.35. The predicted octanol–water partition coefficient (Wildman–Crippen LogP) is 1.79. The van der Waals surface area contributed by atoms with E-state index in [1.165, 1.54) is 11.3 Å². The summed E-state index contributed by atoms with van der Waals surface area (Å²) in [6, 6.07) is 1.46. The van der Waals surface area contributed by atoms with Gasteiger partial charge in [0.25, 0.3) is 0 Å². The van der Waals surface area contributed by atoms with E-state index in [-0.39, 0.29) is 10.9 Å². The molecule has 21 heavy (non-hydrogen) atoms. The van der Waals surface area contributed by atoms with Crippen LogP contribution in [-0.2, 0) is 23.1 Å². The summed E-state index contributed by atoms with van der Waals surface area (Å²) in [7, 11) is -1.71. The highest BCUT2D eigenvalue weighted by atomic mass is 79.9. The fourth-order valence-corrected chi connectivity index (χ4v) is 5.85. The van der Waals surface area contributed by atoms with Gasteiger partial charge in [-0.15, -0.1) is 11.3 Å². The molecule has 0 amide bonds. The molecule has 1 unspecified atom stereocenters. The summed E-state index contributed by atoms with van der Waals surface area (Å²) in [6.45, 7) is 3.00. The largest absolute Gasteiger partial charge is 0.336 e. The number of aromatic nitrogens is 2. The van der Waals surface area contributed by atoms with Gasteiger partial charge in [-0.3, -0.25) is 0 Å². The predicted molar refractivity (Wildman–Crippen MR) is 86.8 cm³/mol. The minimum absolute atomic E-state index is 0.233. The standard InChI is InChI=1S/C12H17BrN4O2S2/c1-9(7-17-4-3-15-8-17)16-21(18,19)11-5-10(6-14-2)20-12(11)13/h3-5,8-9,14,16H,6-7H2,1-2H3. The zero-order valence-electron chi connectivity index (χ0n) is 11.7. The van der Waals surface area contributed by atoms with Gasteiger partial charge in [0.05, 0.1) is 10.1 Å². The average Bonchev–Trinajstić information content (AvgIpc) is 2.99. The number of thiophene rings is 1. The molecule has 2 heterocycles.